The van der Waals surface area contributed by atoms with Gasteiger partial charge in [-0.2, -0.15) is 0 Å². The van der Waals surface area contributed by atoms with E-state index < -0.39 is 0 Å². The Hall–Kier alpha value is -2.04. The van der Waals surface area contributed by atoms with Crippen LogP contribution in [-0.2, 0) is 0 Å². The summed E-state index contributed by atoms with van der Waals surface area (Å²) in [6.07, 6.45) is 3.83. The van der Waals surface area contributed by atoms with Crippen LogP contribution in [-0.4, -0.2) is 19.0 Å². The van der Waals surface area contributed by atoms with E-state index in [1.54, 1.807) is 0 Å². The number of rotatable bonds is 3. The van der Waals surface area contributed by atoms with Gasteiger partial charge in [0.25, 0.3) is 5.91 Å². The van der Waals surface area contributed by atoms with Gasteiger partial charge in [0.05, 0.1) is 5.02 Å². The summed E-state index contributed by atoms with van der Waals surface area (Å²) in [6, 6.07) is 15.9. The molecule has 1 aliphatic heterocycles. The fourth-order valence-corrected chi connectivity index (χ4v) is 4.67. The van der Waals surface area contributed by atoms with Crippen molar-refractivity contribution in [2.24, 2.45) is 0 Å². The van der Waals surface area contributed by atoms with Crippen molar-refractivity contribution >= 4 is 50.3 Å². The zero-order chi connectivity index (χ0) is 17.2. The van der Waals surface area contributed by atoms with Crippen LogP contribution >= 0.6 is 22.9 Å². The summed E-state index contributed by atoms with van der Waals surface area (Å²) in [6.45, 7) is 2.23. The number of amides is 1. The number of nitrogens with zero attached hydrogens (tertiary/aromatic N) is 1. The van der Waals surface area contributed by atoms with Crippen molar-refractivity contribution in [1.82, 2.24) is 0 Å². The van der Waals surface area contributed by atoms with Gasteiger partial charge in [-0.25, -0.2) is 0 Å². The van der Waals surface area contributed by atoms with E-state index in [-0.39, 0.29) is 5.91 Å². The molecule has 2 aromatic carbocycles. The molecule has 1 fully saturated rings. The molecule has 128 valence electrons. The third-order valence-electron chi connectivity index (χ3n) is 4.59. The fourth-order valence-electron chi connectivity index (χ4n) is 3.26. The Kier molecular flexibility index (Phi) is 4.64. The Morgan fingerprint density at radius 3 is 2.44 bits per heavy atom. The lowest BCUT2D eigenvalue weighted by Crippen LogP contribution is -2.29. The Morgan fingerprint density at radius 1 is 1.00 bits per heavy atom. The highest BCUT2D eigenvalue weighted by Crippen LogP contribution is 2.35. The fraction of sp³-hybridized carbons (Fsp3) is 0.250. The highest BCUT2D eigenvalue weighted by atomic mass is 35.5. The van der Waals surface area contributed by atoms with E-state index in [1.807, 2.05) is 36.4 Å². The van der Waals surface area contributed by atoms with Crippen LogP contribution in [0.15, 0.2) is 48.5 Å². The lowest BCUT2D eigenvalue weighted by atomic mass is 10.1. The Balaban J connectivity index is 1.51. The van der Waals surface area contributed by atoms with E-state index in [4.69, 9.17) is 11.6 Å². The molecule has 1 aliphatic rings. The monoisotopic (exact) mass is 370 g/mol. The van der Waals surface area contributed by atoms with Crippen LogP contribution < -0.4 is 10.2 Å². The number of thiophene rings is 1. The lowest BCUT2D eigenvalue weighted by molar-refractivity contribution is 0.103. The van der Waals surface area contributed by atoms with Crippen molar-refractivity contribution in [3.8, 4) is 0 Å². The Morgan fingerprint density at radius 2 is 1.72 bits per heavy atom. The average molecular weight is 371 g/mol. The molecule has 1 amide bonds. The maximum atomic E-state index is 12.6. The zero-order valence-corrected chi connectivity index (χ0v) is 15.4. The minimum absolute atomic E-state index is 0.156. The summed E-state index contributed by atoms with van der Waals surface area (Å²) >= 11 is 7.81. The number of nitrogens with one attached hydrogen (secondary N) is 1. The largest absolute Gasteiger partial charge is 0.372 e. The molecule has 5 heteroatoms. The van der Waals surface area contributed by atoms with E-state index in [0.29, 0.717) is 9.90 Å². The molecular formula is C20H19ClN2OS. The smallest absolute Gasteiger partial charge is 0.267 e. The number of benzene rings is 2. The summed E-state index contributed by atoms with van der Waals surface area (Å²) in [5, 5.41) is 4.42. The predicted molar refractivity (Wildman–Crippen MR) is 107 cm³/mol. The molecule has 3 aromatic rings. The molecule has 1 N–H and O–H groups in total. The maximum absolute atomic E-state index is 12.6. The van der Waals surface area contributed by atoms with E-state index >= 15 is 0 Å². The first-order valence-corrected chi connectivity index (χ1v) is 9.75. The molecule has 0 radical (unpaired) electrons. The van der Waals surface area contributed by atoms with Crippen LogP contribution in [0.5, 0.6) is 0 Å². The highest BCUT2D eigenvalue weighted by Gasteiger charge is 2.17. The van der Waals surface area contributed by atoms with Crippen molar-refractivity contribution in [1.29, 1.82) is 0 Å². The topological polar surface area (TPSA) is 32.3 Å². The Labute approximate surface area is 156 Å². The van der Waals surface area contributed by atoms with E-state index in [9.17, 15) is 4.79 Å². The van der Waals surface area contributed by atoms with Gasteiger partial charge >= 0.3 is 0 Å². The molecule has 0 spiro atoms. The van der Waals surface area contributed by atoms with Gasteiger partial charge in [-0.1, -0.05) is 29.8 Å². The van der Waals surface area contributed by atoms with Gasteiger partial charge in [0.2, 0.25) is 0 Å². The van der Waals surface area contributed by atoms with Gasteiger partial charge in [0.1, 0.15) is 4.88 Å². The number of anilines is 2. The van der Waals surface area contributed by atoms with Crippen molar-refractivity contribution < 1.29 is 4.79 Å². The predicted octanol–water partition coefficient (Wildman–Crippen LogP) is 5.80. The average Bonchev–Trinajstić information content (AvgIpc) is 3.00. The molecule has 4 rings (SSSR count). The molecule has 0 saturated carbocycles. The molecule has 3 nitrogen and oxygen atoms in total. The van der Waals surface area contributed by atoms with Crippen molar-refractivity contribution in [2.45, 2.75) is 19.3 Å². The summed E-state index contributed by atoms with van der Waals surface area (Å²) in [4.78, 5) is 15.6. The number of halogens is 1. The maximum Gasteiger partial charge on any atom is 0.267 e. The van der Waals surface area contributed by atoms with Crippen molar-refractivity contribution in [3.05, 3.63) is 58.4 Å². The van der Waals surface area contributed by atoms with Gasteiger partial charge in [-0.05, 0) is 49.6 Å². The first kappa shape index (κ1) is 16.4. The van der Waals surface area contributed by atoms with Gasteiger partial charge in [-0.15, -0.1) is 11.3 Å². The SMILES string of the molecule is O=C(Nc1ccc(N2CCCCC2)cc1)c1sc2ccccc2c1Cl. The second kappa shape index (κ2) is 7.06. The van der Waals surface area contributed by atoms with Crippen molar-refractivity contribution in [2.75, 3.05) is 23.3 Å². The number of piperidine rings is 1. The first-order valence-electron chi connectivity index (χ1n) is 8.56. The number of fused-ring (bicyclic) bond motifs is 1. The number of carbonyl (C=O) groups is 1. The third-order valence-corrected chi connectivity index (χ3v) is 6.26. The highest BCUT2D eigenvalue weighted by molar-refractivity contribution is 7.21. The molecular weight excluding hydrogens is 352 g/mol. The molecule has 0 unspecified atom stereocenters. The summed E-state index contributed by atoms with van der Waals surface area (Å²) < 4.78 is 1.03. The van der Waals surface area contributed by atoms with Gasteiger partial charge < -0.3 is 10.2 Å². The van der Waals surface area contributed by atoms with Gasteiger partial charge in [0.15, 0.2) is 0 Å². The lowest BCUT2D eigenvalue weighted by Gasteiger charge is -2.28. The molecule has 1 saturated heterocycles. The first-order chi connectivity index (χ1) is 12.2. The van der Waals surface area contributed by atoms with Crippen molar-refractivity contribution in [3.63, 3.8) is 0 Å². The van der Waals surface area contributed by atoms with Gasteiger partial charge in [-0.3, -0.25) is 4.79 Å². The zero-order valence-electron chi connectivity index (χ0n) is 13.8. The molecule has 0 aliphatic carbocycles. The summed E-state index contributed by atoms with van der Waals surface area (Å²) in [7, 11) is 0. The number of hydrogen-bond donors (Lipinski definition) is 1. The molecule has 1 aromatic heterocycles. The Bertz CT molecular complexity index is 898. The van der Waals surface area contributed by atoms with Gasteiger partial charge in [0, 0.05) is 34.6 Å². The standard InChI is InChI=1S/C20H19ClN2OS/c21-18-16-6-2-3-7-17(16)25-19(18)20(24)22-14-8-10-15(11-9-14)23-12-4-1-5-13-23/h2-3,6-11H,1,4-5,12-13H2,(H,22,24). The van der Waals surface area contributed by atoms with Crippen LogP contribution in [0.1, 0.15) is 28.9 Å². The minimum atomic E-state index is -0.156. The second-order valence-electron chi connectivity index (χ2n) is 6.29. The van der Waals surface area contributed by atoms with Crippen LogP contribution in [0, 0.1) is 0 Å². The van der Waals surface area contributed by atoms with E-state index in [1.165, 1.54) is 36.3 Å². The van der Waals surface area contributed by atoms with Crippen LogP contribution in [0.25, 0.3) is 10.1 Å². The third kappa shape index (κ3) is 3.37. The number of hydrogen-bond acceptors (Lipinski definition) is 3. The van der Waals surface area contributed by atoms with Crippen LogP contribution in [0.4, 0.5) is 11.4 Å². The number of carbonyl (C=O) groups excluding carboxylic acids is 1. The quantitative estimate of drug-likeness (QED) is 0.632. The normalized spacial score (nSPS) is 14.7. The molecule has 2 heterocycles. The minimum Gasteiger partial charge on any atom is -0.372 e. The second-order valence-corrected chi connectivity index (χ2v) is 7.72. The summed E-state index contributed by atoms with van der Waals surface area (Å²) in [5.41, 5.74) is 2.01. The van der Waals surface area contributed by atoms with Crippen LogP contribution in [0.3, 0.4) is 0 Å². The molecule has 0 atom stereocenters. The van der Waals surface area contributed by atoms with Crippen LogP contribution in [0.2, 0.25) is 5.02 Å². The summed E-state index contributed by atoms with van der Waals surface area (Å²) in [5.74, 6) is -0.156. The molecule has 25 heavy (non-hydrogen) atoms. The van der Waals surface area contributed by atoms with E-state index in [0.717, 1.165) is 28.9 Å². The van der Waals surface area contributed by atoms with E-state index in [2.05, 4.69) is 22.3 Å². The molecule has 0 bridgehead atoms.